The van der Waals surface area contributed by atoms with Gasteiger partial charge in [0.15, 0.2) is 0 Å². The van der Waals surface area contributed by atoms with E-state index < -0.39 is 0 Å². The second-order valence-corrected chi connectivity index (χ2v) is 5.69. The SMILES string of the molecule is C[C@H]1C(=O)N(C)CCN1CCOc1ccc(Br)cc1. The van der Waals surface area contributed by atoms with Crippen LogP contribution in [0.15, 0.2) is 28.7 Å². The minimum absolute atomic E-state index is 0.0488. The molecule has 1 aliphatic rings. The lowest BCUT2D eigenvalue weighted by atomic mass is 10.2. The maximum Gasteiger partial charge on any atom is 0.239 e. The zero-order chi connectivity index (χ0) is 13.8. The van der Waals surface area contributed by atoms with E-state index in [1.165, 1.54) is 0 Å². The van der Waals surface area contributed by atoms with Crippen molar-refractivity contribution in [1.82, 2.24) is 9.80 Å². The first kappa shape index (κ1) is 14.3. The molecule has 1 aliphatic heterocycles. The molecule has 5 heteroatoms. The summed E-state index contributed by atoms with van der Waals surface area (Å²) in [4.78, 5) is 15.8. The lowest BCUT2D eigenvalue weighted by Gasteiger charge is -2.37. The van der Waals surface area contributed by atoms with Crippen molar-refractivity contribution in [2.75, 3.05) is 33.3 Å². The van der Waals surface area contributed by atoms with Crippen LogP contribution in [0.1, 0.15) is 6.92 Å². The molecule has 1 heterocycles. The number of likely N-dealkylation sites (N-methyl/N-ethyl adjacent to an activating group) is 1. The molecule has 0 radical (unpaired) electrons. The number of hydrogen-bond acceptors (Lipinski definition) is 3. The van der Waals surface area contributed by atoms with Gasteiger partial charge in [0.2, 0.25) is 5.91 Å². The Bertz CT molecular complexity index is 436. The Hall–Kier alpha value is -1.07. The van der Waals surface area contributed by atoms with Crippen LogP contribution < -0.4 is 4.74 Å². The second-order valence-electron chi connectivity index (χ2n) is 4.77. The van der Waals surface area contributed by atoms with E-state index in [-0.39, 0.29) is 11.9 Å². The van der Waals surface area contributed by atoms with Crippen molar-refractivity contribution in [3.63, 3.8) is 0 Å². The van der Waals surface area contributed by atoms with E-state index in [1.807, 2.05) is 38.2 Å². The number of ether oxygens (including phenoxy) is 1. The summed E-state index contributed by atoms with van der Waals surface area (Å²) in [5.74, 6) is 1.05. The topological polar surface area (TPSA) is 32.8 Å². The number of carbonyl (C=O) groups is 1. The zero-order valence-electron chi connectivity index (χ0n) is 11.3. The molecule has 0 unspecified atom stereocenters. The molecular formula is C14H19BrN2O2. The minimum atomic E-state index is -0.0488. The molecule has 0 spiro atoms. The predicted octanol–water partition coefficient (Wildman–Crippen LogP) is 1.99. The number of hydrogen-bond donors (Lipinski definition) is 0. The van der Waals surface area contributed by atoms with Crippen molar-refractivity contribution in [2.24, 2.45) is 0 Å². The molecule has 4 nitrogen and oxygen atoms in total. The minimum Gasteiger partial charge on any atom is -0.492 e. The number of rotatable bonds is 4. The molecular weight excluding hydrogens is 308 g/mol. The first-order valence-corrected chi connectivity index (χ1v) is 7.24. The van der Waals surface area contributed by atoms with Gasteiger partial charge in [-0.1, -0.05) is 15.9 Å². The molecule has 0 aliphatic carbocycles. The molecule has 0 saturated carbocycles. The summed E-state index contributed by atoms with van der Waals surface area (Å²) in [5, 5.41) is 0. The van der Waals surface area contributed by atoms with Gasteiger partial charge < -0.3 is 9.64 Å². The molecule has 0 aromatic heterocycles. The number of amides is 1. The van der Waals surface area contributed by atoms with Crippen LogP contribution in [0, 0.1) is 0 Å². The van der Waals surface area contributed by atoms with Gasteiger partial charge in [-0.3, -0.25) is 9.69 Å². The molecule has 104 valence electrons. The largest absolute Gasteiger partial charge is 0.492 e. The van der Waals surface area contributed by atoms with Gasteiger partial charge in [-0.15, -0.1) is 0 Å². The highest BCUT2D eigenvalue weighted by atomic mass is 79.9. The van der Waals surface area contributed by atoms with Crippen LogP contribution in [-0.2, 0) is 4.79 Å². The molecule has 1 aromatic rings. The number of halogens is 1. The Morgan fingerprint density at radius 3 is 2.68 bits per heavy atom. The van der Waals surface area contributed by atoms with E-state index in [1.54, 1.807) is 4.90 Å². The van der Waals surface area contributed by atoms with Crippen LogP contribution in [0.5, 0.6) is 5.75 Å². The van der Waals surface area contributed by atoms with E-state index >= 15 is 0 Å². The molecule has 1 saturated heterocycles. The lowest BCUT2D eigenvalue weighted by Crippen LogP contribution is -2.55. The Morgan fingerprint density at radius 2 is 2.00 bits per heavy atom. The van der Waals surface area contributed by atoms with E-state index in [0.29, 0.717) is 6.61 Å². The highest BCUT2D eigenvalue weighted by Crippen LogP contribution is 2.16. The Balaban J connectivity index is 1.79. The highest BCUT2D eigenvalue weighted by Gasteiger charge is 2.28. The normalized spacial score (nSPS) is 20.7. The summed E-state index contributed by atoms with van der Waals surface area (Å²) in [7, 11) is 1.86. The highest BCUT2D eigenvalue weighted by molar-refractivity contribution is 9.10. The van der Waals surface area contributed by atoms with Crippen LogP contribution >= 0.6 is 15.9 Å². The molecule has 2 rings (SSSR count). The quantitative estimate of drug-likeness (QED) is 0.848. The molecule has 1 aromatic carbocycles. The van der Waals surface area contributed by atoms with Crippen molar-refractivity contribution in [3.8, 4) is 5.75 Å². The van der Waals surface area contributed by atoms with Crippen LogP contribution in [0.25, 0.3) is 0 Å². The number of nitrogens with zero attached hydrogens (tertiary/aromatic N) is 2. The fourth-order valence-corrected chi connectivity index (χ4v) is 2.44. The summed E-state index contributed by atoms with van der Waals surface area (Å²) in [6.07, 6.45) is 0. The smallest absolute Gasteiger partial charge is 0.239 e. The average molecular weight is 327 g/mol. The van der Waals surface area contributed by atoms with E-state index in [0.717, 1.165) is 29.9 Å². The second kappa shape index (κ2) is 6.39. The van der Waals surface area contributed by atoms with Crippen molar-refractivity contribution in [3.05, 3.63) is 28.7 Å². The fourth-order valence-electron chi connectivity index (χ4n) is 2.17. The molecule has 0 bridgehead atoms. The standard InChI is InChI=1S/C14H19BrN2O2/c1-11-14(18)16(2)7-8-17(11)9-10-19-13-5-3-12(15)4-6-13/h3-6,11H,7-10H2,1-2H3/t11-/m0/s1. The monoisotopic (exact) mass is 326 g/mol. The summed E-state index contributed by atoms with van der Waals surface area (Å²) in [5.41, 5.74) is 0. The van der Waals surface area contributed by atoms with Crippen molar-refractivity contribution >= 4 is 21.8 Å². The Labute approximate surface area is 122 Å². The number of benzene rings is 1. The zero-order valence-corrected chi connectivity index (χ0v) is 12.9. The fraction of sp³-hybridized carbons (Fsp3) is 0.500. The Kier molecular flexibility index (Phi) is 4.82. The van der Waals surface area contributed by atoms with Gasteiger partial charge in [0.05, 0.1) is 6.04 Å². The molecule has 1 fully saturated rings. The van der Waals surface area contributed by atoms with Crippen molar-refractivity contribution in [1.29, 1.82) is 0 Å². The van der Waals surface area contributed by atoms with Crippen LogP contribution in [0.3, 0.4) is 0 Å². The molecule has 0 N–H and O–H groups in total. The maximum absolute atomic E-state index is 11.8. The molecule has 19 heavy (non-hydrogen) atoms. The number of piperazine rings is 1. The van der Waals surface area contributed by atoms with Gasteiger partial charge in [-0.2, -0.15) is 0 Å². The van der Waals surface area contributed by atoms with Crippen molar-refractivity contribution in [2.45, 2.75) is 13.0 Å². The number of carbonyl (C=O) groups excluding carboxylic acids is 1. The maximum atomic E-state index is 11.8. The van der Waals surface area contributed by atoms with E-state index in [2.05, 4.69) is 20.8 Å². The summed E-state index contributed by atoms with van der Waals surface area (Å²) in [6.45, 7) is 5.03. The lowest BCUT2D eigenvalue weighted by molar-refractivity contribution is -0.139. The average Bonchev–Trinajstić information content (AvgIpc) is 2.41. The summed E-state index contributed by atoms with van der Waals surface area (Å²) < 4.78 is 6.73. The van der Waals surface area contributed by atoms with E-state index in [4.69, 9.17) is 4.74 Å². The predicted molar refractivity (Wildman–Crippen MR) is 78.3 cm³/mol. The summed E-state index contributed by atoms with van der Waals surface area (Å²) in [6, 6.07) is 7.73. The molecule has 1 atom stereocenters. The van der Waals surface area contributed by atoms with Crippen molar-refractivity contribution < 1.29 is 9.53 Å². The van der Waals surface area contributed by atoms with Gasteiger partial charge in [0.1, 0.15) is 12.4 Å². The van der Waals surface area contributed by atoms with Crippen LogP contribution in [0.2, 0.25) is 0 Å². The molecule has 1 amide bonds. The van der Waals surface area contributed by atoms with Gasteiger partial charge in [-0.05, 0) is 31.2 Å². The van der Waals surface area contributed by atoms with Gasteiger partial charge in [-0.25, -0.2) is 0 Å². The first-order valence-electron chi connectivity index (χ1n) is 6.45. The first-order chi connectivity index (χ1) is 9.08. The van der Waals surface area contributed by atoms with Gasteiger partial charge in [0.25, 0.3) is 0 Å². The van der Waals surface area contributed by atoms with Crippen LogP contribution in [-0.4, -0.2) is 55.0 Å². The third kappa shape index (κ3) is 3.70. The van der Waals surface area contributed by atoms with Crippen LogP contribution in [0.4, 0.5) is 0 Å². The third-order valence-corrected chi connectivity index (χ3v) is 3.99. The van der Waals surface area contributed by atoms with Gasteiger partial charge in [0, 0.05) is 31.2 Å². The Morgan fingerprint density at radius 1 is 1.32 bits per heavy atom. The van der Waals surface area contributed by atoms with E-state index in [9.17, 15) is 4.79 Å². The third-order valence-electron chi connectivity index (χ3n) is 3.46. The summed E-state index contributed by atoms with van der Waals surface area (Å²) >= 11 is 3.39. The van der Waals surface area contributed by atoms with Gasteiger partial charge >= 0.3 is 0 Å².